The van der Waals surface area contributed by atoms with Gasteiger partial charge in [0.15, 0.2) is 0 Å². The fraction of sp³-hybridized carbons (Fsp3) is 0.929. The van der Waals surface area contributed by atoms with E-state index in [4.69, 9.17) is 0 Å². The smallest absolute Gasteiger partial charge is 0.227 e. The zero-order valence-corrected chi connectivity index (χ0v) is 11.2. The highest BCUT2D eigenvalue weighted by Gasteiger charge is 2.37. The number of carbonyl (C=O) groups is 1. The van der Waals surface area contributed by atoms with Gasteiger partial charge in [-0.25, -0.2) is 0 Å². The Bertz CT molecular complexity index is 271. The van der Waals surface area contributed by atoms with Crippen LogP contribution >= 0.6 is 0 Å². The third-order valence-corrected chi connectivity index (χ3v) is 4.51. The van der Waals surface area contributed by atoms with Gasteiger partial charge in [0.25, 0.3) is 0 Å². The highest BCUT2D eigenvalue weighted by molar-refractivity contribution is 5.83. The molecule has 1 aliphatic carbocycles. The molecule has 1 amide bonds. The second-order valence-corrected chi connectivity index (χ2v) is 6.27. The third-order valence-electron chi connectivity index (χ3n) is 4.51. The van der Waals surface area contributed by atoms with Gasteiger partial charge in [-0.15, -0.1) is 0 Å². The fourth-order valence-electron chi connectivity index (χ4n) is 3.00. The van der Waals surface area contributed by atoms with E-state index in [1.165, 1.54) is 25.7 Å². The summed E-state index contributed by atoms with van der Waals surface area (Å²) in [5.74, 6) is 1.10. The van der Waals surface area contributed by atoms with Crippen LogP contribution < -0.4 is 10.6 Å². The van der Waals surface area contributed by atoms with Crippen molar-refractivity contribution in [2.75, 3.05) is 13.1 Å². The van der Waals surface area contributed by atoms with Gasteiger partial charge < -0.3 is 10.6 Å². The maximum absolute atomic E-state index is 12.3. The monoisotopic (exact) mass is 238 g/mol. The summed E-state index contributed by atoms with van der Waals surface area (Å²) in [6.45, 7) is 6.22. The molecule has 3 heteroatoms. The predicted molar refractivity (Wildman–Crippen MR) is 69.8 cm³/mol. The van der Waals surface area contributed by atoms with Crippen molar-refractivity contribution in [3.63, 3.8) is 0 Å². The Morgan fingerprint density at radius 1 is 1.29 bits per heavy atom. The maximum atomic E-state index is 12.3. The van der Waals surface area contributed by atoms with Crippen molar-refractivity contribution in [1.82, 2.24) is 10.6 Å². The normalized spacial score (nSPS) is 38.7. The van der Waals surface area contributed by atoms with Crippen molar-refractivity contribution < 1.29 is 4.79 Å². The van der Waals surface area contributed by atoms with Crippen molar-refractivity contribution in [3.05, 3.63) is 0 Å². The second-order valence-electron chi connectivity index (χ2n) is 6.27. The van der Waals surface area contributed by atoms with Crippen molar-refractivity contribution in [1.29, 1.82) is 0 Å². The highest BCUT2D eigenvalue weighted by atomic mass is 16.2. The molecule has 3 unspecified atom stereocenters. The molecule has 0 aromatic rings. The molecule has 0 bridgehead atoms. The molecule has 2 fully saturated rings. The van der Waals surface area contributed by atoms with Crippen LogP contribution in [0.25, 0.3) is 0 Å². The van der Waals surface area contributed by atoms with Crippen molar-refractivity contribution >= 4 is 5.91 Å². The molecular formula is C14H26N2O. The molecule has 0 spiro atoms. The number of carbonyl (C=O) groups excluding carboxylic acids is 1. The summed E-state index contributed by atoms with van der Waals surface area (Å²) in [4.78, 5) is 12.3. The molecule has 3 nitrogen and oxygen atoms in total. The SMILES string of the molecule is CC1CCCC(NC(=O)C2(C)CCNC2)CC1. The summed E-state index contributed by atoms with van der Waals surface area (Å²) in [7, 11) is 0. The lowest BCUT2D eigenvalue weighted by Crippen LogP contribution is -2.45. The molecule has 17 heavy (non-hydrogen) atoms. The third kappa shape index (κ3) is 3.21. The Morgan fingerprint density at radius 2 is 2.12 bits per heavy atom. The molecule has 0 radical (unpaired) electrons. The summed E-state index contributed by atoms with van der Waals surface area (Å²) in [5, 5.41) is 6.57. The summed E-state index contributed by atoms with van der Waals surface area (Å²) in [6.07, 6.45) is 7.16. The van der Waals surface area contributed by atoms with Crippen LogP contribution in [0.2, 0.25) is 0 Å². The highest BCUT2D eigenvalue weighted by Crippen LogP contribution is 2.27. The van der Waals surface area contributed by atoms with Crippen LogP contribution in [0.4, 0.5) is 0 Å². The minimum atomic E-state index is -0.169. The largest absolute Gasteiger partial charge is 0.353 e. The van der Waals surface area contributed by atoms with Crippen LogP contribution in [0.5, 0.6) is 0 Å². The quantitative estimate of drug-likeness (QED) is 0.723. The number of hydrogen-bond acceptors (Lipinski definition) is 2. The van der Waals surface area contributed by atoms with E-state index < -0.39 is 0 Å². The Hall–Kier alpha value is -0.570. The Labute approximate surface area is 105 Å². The first-order chi connectivity index (χ1) is 8.10. The molecular weight excluding hydrogens is 212 g/mol. The standard InChI is InChI=1S/C14H26N2O/c1-11-4-3-5-12(7-6-11)16-13(17)14(2)8-9-15-10-14/h11-12,15H,3-10H2,1-2H3,(H,16,17). The molecule has 1 saturated carbocycles. The predicted octanol–water partition coefficient (Wildman–Crippen LogP) is 2.07. The van der Waals surface area contributed by atoms with Gasteiger partial charge in [0.05, 0.1) is 5.41 Å². The van der Waals surface area contributed by atoms with E-state index >= 15 is 0 Å². The van der Waals surface area contributed by atoms with Gasteiger partial charge in [-0.1, -0.05) is 19.8 Å². The van der Waals surface area contributed by atoms with E-state index in [1.54, 1.807) is 0 Å². The lowest BCUT2D eigenvalue weighted by atomic mass is 9.88. The summed E-state index contributed by atoms with van der Waals surface area (Å²) in [6, 6.07) is 0.421. The summed E-state index contributed by atoms with van der Waals surface area (Å²) >= 11 is 0. The number of rotatable bonds is 2. The first-order valence-corrected chi connectivity index (χ1v) is 7.12. The average molecular weight is 238 g/mol. The Morgan fingerprint density at radius 3 is 2.82 bits per heavy atom. The zero-order chi connectivity index (χ0) is 12.3. The molecule has 0 aromatic heterocycles. The van der Waals surface area contributed by atoms with E-state index in [0.717, 1.165) is 31.8 Å². The van der Waals surface area contributed by atoms with Crippen molar-refractivity contribution in [3.8, 4) is 0 Å². The lowest BCUT2D eigenvalue weighted by molar-refractivity contribution is -0.130. The van der Waals surface area contributed by atoms with E-state index in [1.807, 2.05) is 0 Å². The van der Waals surface area contributed by atoms with Gasteiger partial charge in [0, 0.05) is 12.6 Å². The maximum Gasteiger partial charge on any atom is 0.227 e. The topological polar surface area (TPSA) is 41.1 Å². The van der Waals surface area contributed by atoms with Gasteiger partial charge in [0.1, 0.15) is 0 Å². The molecule has 3 atom stereocenters. The minimum Gasteiger partial charge on any atom is -0.353 e. The molecule has 2 aliphatic rings. The average Bonchev–Trinajstić information content (AvgIpc) is 2.64. The van der Waals surface area contributed by atoms with Crippen LogP contribution in [0.3, 0.4) is 0 Å². The lowest BCUT2D eigenvalue weighted by Gasteiger charge is -2.25. The summed E-state index contributed by atoms with van der Waals surface area (Å²) in [5.41, 5.74) is -0.169. The van der Waals surface area contributed by atoms with E-state index in [-0.39, 0.29) is 11.3 Å². The number of amides is 1. The van der Waals surface area contributed by atoms with E-state index in [2.05, 4.69) is 24.5 Å². The first-order valence-electron chi connectivity index (χ1n) is 7.12. The van der Waals surface area contributed by atoms with Crippen LogP contribution in [-0.2, 0) is 4.79 Å². The Balaban J connectivity index is 1.85. The van der Waals surface area contributed by atoms with E-state index in [0.29, 0.717) is 6.04 Å². The minimum absolute atomic E-state index is 0.169. The molecule has 0 aromatic carbocycles. The Kier molecular flexibility index (Phi) is 4.08. The van der Waals surface area contributed by atoms with Gasteiger partial charge in [0.2, 0.25) is 5.91 Å². The van der Waals surface area contributed by atoms with Crippen molar-refractivity contribution in [2.24, 2.45) is 11.3 Å². The first kappa shape index (κ1) is 12.9. The van der Waals surface area contributed by atoms with Gasteiger partial charge >= 0.3 is 0 Å². The zero-order valence-electron chi connectivity index (χ0n) is 11.2. The molecule has 2 rings (SSSR count). The van der Waals surface area contributed by atoms with Gasteiger partial charge in [-0.2, -0.15) is 0 Å². The van der Waals surface area contributed by atoms with Gasteiger partial charge in [-0.05, 0) is 45.1 Å². The molecule has 1 saturated heterocycles. The number of hydrogen-bond donors (Lipinski definition) is 2. The summed E-state index contributed by atoms with van der Waals surface area (Å²) < 4.78 is 0. The van der Waals surface area contributed by atoms with Crippen LogP contribution in [-0.4, -0.2) is 25.0 Å². The van der Waals surface area contributed by atoms with Crippen LogP contribution in [0, 0.1) is 11.3 Å². The van der Waals surface area contributed by atoms with Crippen LogP contribution in [0.15, 0.2) is 0 Å². The fourth-order valence-corrected chi connectivity index (χ4v) is 3.00. The van der Waals surface area contributed by atoms with Crippen LogP contribution in [0.1, 0.15) is 52.4 Å². The molecule has 98 valence electrons. The molecule has 2 N–H and O–H groups in total. The van der Waals surface area contributed by atoms with E-state index in [9.17, 15) is 4.79 Å². The van der Waals surface area contributed by atoms with Crippen molar-refractivity contribution in [2.45, 2.75) is 58.4 Å². The number of nitrogens with one attached hydrogen (secondary N) is 2. The second kappa shape index (κ2) is 5.38. The molecule has 1 aliphatic heterocycles. The van der Waals surface area contributed by atoms with Gasteiger partial charge in [-0.3, -0.25) is 4.79 Å². The molecule has 1 heterocycles.